The molecule has 6 nitrogen and oxygen atoms in total. The molecule has 3 N–H and O–H groups in total. The van der Waals surface area contributed by atoms with Gasteiger partial charge >= 0.3 is 0 Å². The summed E-state index contributed by atoms with van der Waals surface area (Å²) in [6.45, 7) is 5.38. The minimum atomic E-state index is -3.62. The first-order valence-corrected chi connectivity index (χ1v) is 8.62. The lowest BCUT2D eigenvalue weighted by Crippen LogP contribution is -2.31. The number of aromatic nitrogens is 1. The third-order valence-corrected chi connectivity index (χ3v) is 4.92. The Kier molecular flexibility index (Phi) is 6.38. The zero-order chi connectivity index (χ0) is 15.3. The van der Waals surface area contributed by atoms with Crippen LogP contribution in [-0.2, 0) is 10.0 Å². The summed E-state index contributed by atoms with van der Waals surface area (Å²) >= 11 is 3.19. The lowest BCUT2D eigenvalue weighted by atomic mass is 10.3. The van der Waals surface area contributed by atoms with Crippen molar-refractivity contribution in [1.29, 1.82) is 0 Å². The summed E-state index contributed by atoms with van der Waals surface area (Å²) in [5.74, 6) is -0.00000142. The molecule has 0 aliphatic rings. The van der Waals surface area contributed by atoms with Gasteiger partial charge in [0, 0.05) is 23.3 Å². The maximum absolute atomic E-state index is 12.1. The molecular formula is C12H21BrN4O2S. The number of halogens is 1. The number of nitrogens with one attached hydrogen (secondary N) is 1. The summed E-state index contributed by atoms with van der Waals surface area (Å²) in [4.78, 5) is 5.99. The van der Waals surface area contributed by atoms with Crippen molar-refractivity contribution in [3.8, 4) is 0 Å². The SMILES string of the molecule is CC(C)N(C)CCCNS(=O)(=O)c1cc(Br)cnc1N. The van der Waals surface area contributed by atoms with E-state index in [1.54, 1.807) is 0 Å². The molecule has 8 heteroatoms. The number of nitrogens with zero attached hydrogens (tertiary/aromatic N) is 2. The molecule has 0 fully saturated rings. The second-order valence-electron chi connectivity index (χ2n) is 4.86. The zero-order valence-corrected chi connectivity index (χ0v) is 14.3. The van der Waals surface area contributed by atoms with Crippen molar-refractivity contribution in [2.75, 3.05) is 25.9 Å². The fourth-order valence-corrected chi connectivity index (χ4v) is 3.18. The van der Waals surface area contributed by atoms with Gasteiger partial charge in [0.25, 0.3) is 0 Å². The third-order valence-electron chi connectivity index (χ3n) is 3.00. The normalized spacial score (nSPS) is 12.3. The summed E-state index contributed by atoms with van der Waals surface area (Å²) < 4.78 is 27.4. The molecule has 0 unspecified atom stereocenters. The Morgan fingerprint density at radius 2 is 2.15 bits per heavy atom. The number of anilines is 1. The lowest BCUT2D eigenvalue weighted by Gasteiger charge is -2.20. The molecule has 1 rings (SSSR count). The Bertz CT molecular complexity index is 548. The number of hydrogen-bond acceptors (Lipinski definition) is 5. The van der Waals surface area contributed by atoms with Crippen molar-refractivity contribution in [3.05, 3.63) is 16.7 Å². The van der Waals surface area contributed by atoms with E-state index in [9.17, 15) is 8.42 Å². The number of sulfonamides is 1. The molecule has 0 radical (unpaired) electrons. The summed E-state index contributed by atoms with van der Waals surface area (Å²) in [5, 5.41) is 0. The Morgan fingerprint density at radius 3 is 2.75 bits per heavy atom. The van der Waals surface area contributed by atoms with Crippen LogP contribution in [0.2, 0.25) is 0 Å². The van der Waals surface area contributed by atoms with Crippen LogP contribution in [0.5, 0.6) is 0 Å². The van der Waals surface area contributed by atoms with E-state index in [1.165, 1.54) is 12.3 Å². The van der Waals surface area contributed by atoms with Crippen LogP contribution in [0.1, 0.15) is 20.3 Å². The Morgan fingerprint density at radius 1 is 1.50 bits per heavy atom. The minimum Gasteiger partial charge on any atom is -0.383 e. The smallest absolute Gasteiger partial charge is 0.244 e. The Labute approximate surface area is 128 Å². The highest BCUT2D eigenvalue weighted by atomic mass is 79.9. The van der Waals surface area contributed by atoms with Crippen LogP contribution in [0.15, 0.2) is 21.6 Å². The van der Waals surface area contributed by atoms with Gasteiger partial charge < -0.3 is 10.6 Å². The molecule has 0 saturated carbocycles. The molecule has 0 aromatic carbocycles. The van der Waals surface area contributed by atoms with E-state index < -0.39 is 10.0 Å². The first-order chi connectivity index (χ1) is 9.24. The van der Waals surface area contributed by atoms with Gasteiger partial charge in [0.15, 0.2) is 0 Å². The topological polar surface area (TPSA) is 88.3 Å². The Hall–Kier alpha value is -0.700. The van der Waals surface area contributed by atoms with E-state index in [2.05, 4.69) is 44.4 Å². The van der Waals surface area contributed by atoms with Crippen molar-refractivity contribution >= 4 is 31.8 Å². The van der Waals surface area contributed by atoms with Crippen molar-refractivity contribution < 1.29 is 8.42 Å². The van der Waals surface area contributed by atoms with E-state index >= 15 is 0 Å². The van der Waals surface area contributed by atoms with Crippen LogP contribution in [0.25, 0.3) is 0 Å². The predicted molar refractivity (Wildman–Crippen MR) is 83.9 cm³/mol. The fourth-order valence-electron chi connectivity index (χ4n) is 1.52. The maximum Gasteiger partial charge on any atom is 0.244 e. The minimum absolute atomic E-state index is 0.00000142. The van der Waals surface area contributed by atoms with Gasteiger partial charge in [0.2, 0.25) is 10.0 Å². The van der Waals surface area contributed by atoms with Crippen LogP contribution < -0.4 is 10.5 Å². The van der Waals surface area contributed by atoms with Crippen LogP contribution in [-0.4, -0.2) is 44.5 Å². The van der Waals surface area contributed by atoms with Gasteiger partial charge in [-0.25, -0.2) is 18.1 Å². The number of nitrogen functional groups attached to an aromatic ring is 1. The van der Waals surface area contributed by atoms with E-state index in [-0.39, 0.29) is 10.7 Å². The molecule has 20 heavy (non-hydrogen) atoms. The van der Waals surface area contributed by atoms with Gasteiger partial charge in [0.05, 0.1) is 0 Å². The van der Waals surface area contributed by atoms with E-state index in [0.29, 0.717) is 17.1 Å². The molecule has 114 valence electrons. The molecule has 1 heterocycles. The highest BCUT2D eigenvalue weighted by molar-refractivity contribution is 9.10. The molecule has 1 aromatic rings. The second kappa shape index (κ2) is 7.35. The Balaban J connectivity index is 2.60. The molecule has 1 aromatic heterocycles. The van der Waals surface area contributed by atoms with Gasteiger partial charge in [-0.1, -0.05) is 0 Å². The lowest BCUT2D eigenvalue weighted by molar-refractivity contribution is 0.271. The predicted octanol–water partition coefficient (Wildman–Crippen LogP) is 1.43. The van der Waals surface area contributed by atoms with Gasteiger partial charge in [-0.3, -0.25) is 0 Å². The van der Waals surface area contributed by atoms with Crippen molar-refractivity contribution in [2.24, 2.45) is 0 Å². The highest BCUT2D eigenvalue weighted by Gasteiger charge is 2.18. The van der Waals surface area contributed by atoms with E-state index in [0.717, 1.165) is 13.0 Å². The maximum atomic E-state index is 12.1. The molecule has 0 saturated heterocycles. The summed E-state index contributed by atoms with van der Waals surface area (Å²) in [6, 6.07) is 1.89. The monoisotopic (exact) mass is 364 g/mol. The number of pyridine rings is 1. The molecular weight excluding hydrogens is 344 g/mol. The fraction of sp³-hybridized carbons (Fsp3) is 0.583. The summed E-state index contributed by atoms with van der Waals surface area (Å²) in [5.41, 5.74) is 5.61. The first-order valence-electron chi connectivity index (χ1n) is 6.35. The average molecular weight is 365 g/mol. The van der Waals surface area contributed by atoms with Gasteiger partial charge in [-0.15, -0.1) is 0 Å². The number of nitrogens with two attached hydrogens (primary N) is 1. The molecule has 0 aliphatic heterocycles. The summed E-state index contributed by atoms with van der Waals surface area (Å²) in [6.07, 6.45) is 2.20. The third kappa shape index (κ3) is 5.01. The number of rotatable bonds is 7. The molecule has 0 amide bonds. The molecule has 0 spiro atoms. The molecule has 0 bridgehead atoms. The largest absolute Gasteiger partial charge is 0.383 e. The van der Waals surface area contributed by atoms with Crippen molar-refractivity contribution in [3.63, 3.8) is 0 Å². The van der Waals surface area contributed by atoms with E-state index in [4.69, 9.17) is 5.73 Å². The van der Waals surface area contributed by atoms with Gasteiger partial charge in [0.1, 0.15) is 10.7 Å². The average Bonchev–Trinajstić information content (AvgIpc) is 2.37. The highest BCUT2D eigenvalue weighted by Crippen LogP contribution is 2.20. The first kappa shape index (κ1) is 17.4. The number of hydrogen-bond donors (Lipinski definition) is 2. The molecule has 0 aliphatic carbocycles. The van der Waals surface area contributed by atoms with Crippen LogP contribution in [0, 0.1) is 0 Å². The van der Waals surface area contributed by atoms with Crippen molar-refractivity contribution in [2.45, 2.75) is 31.2 Å². The second-order valence-corrected chi connectivity index (χ2v) is 7.51. The van der Waals surface area contributed by atoms with Crippen LogP contribution >= 0.6 is 15.9 Å². The van der Waals surface area contributed by atoms with Crippen LogP contribution in [0.4, 0.5) is 5.82 Å². The zero-order valence-electron chi connectivity index (χ0n) is 11.9. The van der Waals surface area contributed by atoms with Crippen molar-refractivity contribution in [1.82, 2.24) is 14.6 Å². The standard InChI is InChI=1S/C12H21BrN4O2S/c1-9(2)17(3)6-4-5-16-20(18,19)11-7-10(13)8-15-12(11)14/h7-9,16H,4-6H2,1-3H3,(H2,14,15). The summed E-state index contributed by atoms with van der Waals surface area (Å²) in [7, 11) is -1.61. The molecule has 0 atom stereocenters. The van der Waals surface area contributed by atoms with E-state index in [1.807, 2.05) is 7.05 Å². The van der Waals surface area contributed by atoms with Crippen LogP contribution in [0.3, 0.4) is 0 Å². The van der Waals surface area contributed by atoms with Gasteiger partial charge in [-0.05, 0) is 55.9 Å². The quantitative estimate of drug-likeness (QED) is 0.714. The van der Waals surface area contributed by atoms with Gasteiger partial charge in [-0.2, -0.15) is 0 Å².